The van der Waals surface area contributed by atoms with Gasteiger partial charge in [0.25, 0.3) is 0 Å². The smallest absolute Gasteiger partial charge is 0.228 e. The fraction of sp³-hybridized carbons (Fsp3) is 0.917. The molecule has 1 saturated carbocycles. The number of nitriles is 1. The van der Waals surface area contributed by atoms with Crippen molar-refractivity contribution in [2.45, 2.75) is 56.4 Å². The van der Waals surface area contributed by atoms with E-state index in [0.29, 0.717) is 6.61 Å². The highest BCUT2D eigenvalue weighted by molar-refractivity contribution is 7.90. The second kappa shape index (κ2) is 7.80. The molecule has 1 fully saturated rings. The van der Waals surface area contributed by atoms with Crippen LogP contribution in [0.5, 0.6) is 0 Å². The van der Waals surface area contributed by atoms with E-state index in [9.17, 15) is 8.42 Å². The van der Waals surface area contributed by atoms with Gasteiger partial charge in [-0.3, -0.25) is 0 Å². The van der Waals surface area contributed by atoms with Gasteiger partial charge in [-0.1, -0.05) is 6.92 Å². The van der Waals surface area contributed by atoms with Gasteiger partial charge in [0.05, 0.1) is 18.8 Å². The third-order valence-electron chi connectivity index (χ3n) is 3.37. The largest absolute Gasteiger partial charge is 0.377 e. The van der Waals surface area contributed by atoms with E-state index >= 15 is 0 Å². The van der Waals surface area contributed by atoms with E-state index in [0.717, 1.165) is 25.7 Å². The Kier molecular flexibility index (Phi) is 6.72. The molecule has 1 aliphatic rings. The minimum absolute atomic E-state index is 0.183. The van der Waals surface area contributed by atoms with E-state index in [4.69, 9.17) is 15.7 Å². The number of ether oxygens (including phenoxy) is 1. The van der Waals surface area contributed by atoms with Crippen molar-refractivity contribution in [2.75, 3.05) is 13.2 Å². The molecular formula is C12H23N3O3S. The van der Waals surface area contributed by atoms with Crippen LogP contribution in [0.3, 0.4) is 0 Å². The highest BCUT2D eigenvalue weighted by Crippen LogP contribution is 2.19. The molecule has 7 heteroatoms. The summed E-state index contributed by atoms with van der Waals surface area (Å²) in [6.45, 7) is 2.22. The zero-order valence-electron chi connectivity index (χ0n) is 11.3. The first kappa shape index (κ1) is 16.4. The van der Waals surface area contributed by atoms with Crippen molar-refractivity contribution in [2.24, 2.45) is 5.73 Å². The Morgan fingerprint density at radius 2 is 2.05 bits per heavy atom. The Morgan fingerprint density at radius 3 is 2.58 bits per heavy atom. The lowest BCUT2D eigenvalue weighted by molar-refractivity contribution is 0.0287. The average molecular weight is 289 g/mol. The first-order valence-electron chi connectivity index (χ1n) is 6.75. The lowest BCUT2D eigenvalue weighted by atomic mass is 9.94. The topological polar surface area (TPSA) is 105 Å². The minimum atomic E-state index is -3.55. The number of nitrogens with one attached hydrogen (secondary N) is 1. The van der Waals surface area contributed by atoms with E-state index in [2.05, 4.69) is 4.72 Å². The number of hydrogen-bond acceptors (Lipinski definition) is 5. The normalized spacial score (nSPS) is 25.7. The molecule has 0 radical (unpaired) electrons. The van der Waals surface area contributed by atoms with E-state index < -0.39 is 15.3 Å². The van der Waals surface area contributed by atoms with Gasteiger partial charge in [0.1, 0.15) is 0 Å². The lowest BCUT2D eigenvalue weighted by Crippen LogP contribution is -2.36. The van der Waals surface area contributed by atoms with Crippen LogP contribution in [-0.4, -0.2) is 39.0 Å². The van der Waals surface area contributed by atoms with Crippen molar-refractivity contribution in [3.05, 3.63) is 0 Å². The van der Waals surface area contributed by atoms with Gasteiger partial charge in [-0.05, 0) is 32.1 Å². The van der Waals surface area contributed by atoms with Gasteiger partial charge in [-0.2, -0.15) is 5.26 Å². The summed E-state index contributed by atoms with van der Waals surface area (Å²) in [5.41, 5.74) is 5.79. The summed E-state index contributed by atoms with van der Waals surface area (Å²) in [6, 6.07) is 2.06. The van der Waals surface area contributed by atoms with Gasteiger partial charge in [-0.25, -0.2) is 13.1 Å². The minimum Gasteiger partial charge on any atom is -0.377 e. The maximum Gasteiger partial charge on any atom is 0.228 e. The van der Waals surface area contributed by atoms with Crippen LogP contribution in [0, 0.1) is 11.3 Å². The standard InChI is InChI=1S/C12H23N3O3S/c1-2-12(9-13)19(16,17)15-7-8-18-11-5-3-10(14)4-6-11/h10-12,15H,2-8,14H2,1H3. The predicted octanol–water partition coefficient (Wildman–Crippen LogP) is 0.494. The molecule has 0 spiro atoms. The molecule has 3 N–H and O–H groups in total. The third-order valence-corrected chi connectivity index (χ3v) is 5.16. The van der Waals surface area contributed by atoms with Crippen LogP contribution in [0.4, 0.5) is 0 Å². The third kappa shape index (κ3) is 5.45. The second-order valence-corrected chi connectivity index (χ2v) is 6.82. The zero-order valence-corrected chi connectivity index (χ0v) is 12.2. The molecule has 0 aromatic carbocycles. The predicted molar refractivity (Wildman–Crippen MR) is 72.8 cm³/mol. The van der Waals surface area contributed by atoms with Crippen molar-refractivity contribution >= 4 is 10.0 Å². The van der Waals surface area contributed by atoms with Gasteiger partial charge in [0.2, 0.25) is 10.0 Å². The number of rotatable bonds is 7. The van der Waals surface area contributed by atoms with Crippen molar-refractivity contribution in [3.8, 4) is 6.07 Å². The fourth-order valence-corrected chi connectivity index (χ4v) is 3.29. The van der Waals surface area contributed by atoms with Crippen molar-refractivity contribution in [1.82, 2.24) is 4.72 Å². The summed E-state index contributed by atoms with van der Waals surface area (Å²) in [7, 11) is -3.55. The Hall–Kier alpha value is -0.680. The summed E-state index contributed by atoms with van der Waals surface area (Å²) in [5.74, 6) is 0. The Balaban J connectivity index is 2.22. The molecule has 1 rings (SSSR count). The number of sulfonamides is 1. The van der Waals surface area contributed by atoms with Gasteiger partial charge >= 0.3 is 0 Å². The quantitative estimate of drug-likeness (QED) is 0.664. The lowest BCUT2D eigenvalue weighted by Gasteiger charge is -2.26. The van der Waals surface area contributed by atoms with Crippen molar-refractivity contribution in [1.29, 1.82) is 5.26 Å². The molecule has 0 aromatic heterocycles. The van der Waals surface area contributed by atoms with Gasteiger partial charge in [0.15, 0.2) is 5.25 Å². The van der Waals surface area contributed by atoms with Crippen LogP contribution < -0.4 is 10.5 Å². The fourth-order valence-electron chi connectivity index (χ4n) is 2.15. The van der Waals surface area contributed by atoms with Crippen LogP contribution >= 0.6 is 0 Å². The zero-order chi connectivity index (χ0) is 14.3. The Morgan fingerprint density at radius 1 is 1.42 bits per heavy atom. The summed E-state index contributed by atoms with van der Waals surface area (Å²) in [6.07, 6.45) is 4.26. The molecule has 1 atom stereocenters. The Bertz CT molecular complexity index is 397. The summed E-state index contributed by atoms with van der Waals surface area (Å²) < 4.78 is 31.4. The van der Waals surface area contributed by atoms with Gasteiger partial charge in [0, 0.05) is 12.6 Å². The van der Waals surface area contributed by atoms with Crippen LogP contribution in [-0.2, 0) is 14.8 Å². The van der Waals surface area contributed by atoms with E-state index in [1.165, 1.54) is 0 Å². The molecule has 1 aliphatic carbocycles. The van der Waals surface area contributed by atoms with Crippen LogP contribution in [0.2, 0.25) is 0 Å². The summed E-state index contributed by atoms with van der Waals surface area (Å²) in [4.78, 5) is 0. The summed E-state index contributed by atoms with van der Waals surface area (Å²) in [5, 5.41) is 7.75. The molecule has 0 heterocycles. The van der Waals surface area contributed by atoms with E-state index in [-0.39, 0.29) is 25.1 Å². The van der Waals surface area contributed by atoms with Crippen molar-refractivity contribution in [3.63, 3.8) is 0 Å². The van der Waals surface area contributed by atoms with Crippen LogP contribution in [0.25, 0.3) is 0 Å². The van der Waals surface area contributed by atoms with E-state index in [1.54, 1.807) is 13.0 Å². The van der Waals surface area contributed by atoms with Gasteiger partial charge in [-0.15, -0.1) is 0 Å². The van der Waals surface area contributed by atoms with Crippen LogP contribution in [0.15, 0.2) is 0 Å². The molecule has 110 valence electrons. The van der Waals surface area contributed by atoms with Crippen molar-refractivity contribution < 1.29 is 13.2 Å². The Labute approximate surface area is 115 Å². The molecule has 6 nitrogen and oxygen atoms in total. The molecule has 0 bridgehead atoms. The summed E-state index contributed by atoms with van der Waals surface area (Å²) >= 11 is 0. The van der Waals surface area contributed by atoms with Gasteiger partial charge < -0.3 is 10.5 Å². The molecule has 0 aromatic rings. The maximum absolute atomic E-state index is 11.7. The molecule has 0 saturated heterocycles. The maximum atomic E-state index is 11.7. The monoisotopic (exact) mass is 289 g/mol. The van der Waals surface area contributed by atoms with Crippen LogP contribution in [0.1, 0.15) is 39.0 Å². The first-order valence-corrected chi connectivity index (χ1v) is 8.29. The molecule has 0 amide bonds. The van der Waals surface area contributed by atoms with E-state index in [1.807, 2.05) is 0 Å². The molecule has 0 aliphatic heterocycles. The SMILES string of the molecule is CCC(C#N)S(=O)(=O)NCCOC1CCC(N)CC1. The second-order valence-electron chi connectivity index (χ2n) is 4.87. The number of nitrogens with two attached hydrogens (primary N) is 1. The number of hydrogen-bond donors (Lipinski definition) is 2. The first-order chi connectivity index (χ1) is 8.99. The highest BCUT2D eigenvalue weighted by Gasteiger charge is 2.23. The highest BCUT2D eigenvalue weighted by atomic mass is 32.2. The average Bonchev–Trinajstić information content (AvgIpc) is 2.38. The molecule has 19 heavy (non-hydrogen) atoms. The number of nitrogens with zero attached hydrogens (tertiary/aromatic N) is 1. The molecular weight excluding hydrogens is 266 g/mol. The molecule has 1 unspecified atom stereocenters.